The first kappa shape index (κ1) is 18.8. The number of carbonyl (C=O) groups is 1. The molecule has 4 aliphatic rings. The number of nitrogens with zero attached hydrogens (tertiary/aromatic N) is 3. The summed E-state index contributed by atoms with van der Waals surface area (Å²) in [4.78, 5) is 23.9. The van der Waals surface area contributed by atoms with E-state index in [1.54, 1.807) is 13.1 Å². The zero-order valence-electron chi connectivity index (χ0n) is 17.3. The van der Waals surface area contributed by atoms with Gasteiger partial charge in [0.15, 0.2) is 0 Å². The van der Waals surface area contributed by atoms with E-state index in [0.29, 0.717) is 23.3 Å². The Morgan fingerprint density at radius 1 is 1.35 bits per heavy atom. The predicted octanol–water partition coefficient (Wildman–Crippen LogP) is 3.14. The van der Waals surface area contributed by atoms with Crippen LogP contribution < -0.4 is 5.32 Å². The fraction of sp³-hybridized carbons (Fsp3) is 0.545. The van der Waals surface area contributed by atoms with E-state index in [9.17, 15) is 9.90 Å². The lowest BCUT2D eigenvalue weighted by Gasteiger charge is -2.58. The number of aromatic nitrogens is 4. The maximum absolute atomic E-state index is 12.0. The summed E-state index contributed by atoms with van der Waals surface area (Å²) < 4.78 is 10.4. The van der Waals surface area contributed by atoms with Crippen molar-refractivity contribution in [2.45, 2.75) is 50.7 Å². The Kier molecular flexibility index (Phi) is 4.11. The first-order valence-electron chi connectivity index (χ1n) is 11.0. The molecule has 9 nitrogen and oxygen atoms in total. The third kappa shape index (κ3) is 3.02. The van der Waals surface area contributed by atoms with E-state index in [4.69, 9.17) is 9.26 Å². The summed E-state index contributed by atoms with van der Waals surface area (Å²) in [5.74, 6) is 1.01. The van der Waals surface area contributed by atoms with E-state index >= 15 is 0 Å². The molecule has 3 heterocycles. The van der Waals surface area contributed by atoms with Crippen LogP contribution in [0.3, 0.4) is 0 Å². The lowest BCUT2D eigenvalue weighted by Crippen LogP contribution is -2.59. The first-order valence-corrected chi connectivity index (χ1v) is 11.0. The first-order chi connectivity index (χ1) is 15.0. The molecule has 0 aromatic carbocycles. The lowest BCUT2D eigenvalue weighted by molar-refractivity contribution is -0.129. The lowest BCUT2D eigenvalue weighted by atomic mass is 9.52. The Labute approximate surface area is 178 Å². The molecule has 9 heteroatoms. The molecule has 0 aliphatic heterocycles. The maximum atomic E-state index is 12.0. The molecule has 4 fully saturated rings. The summed E-state index contributed by atoms with van der Waals surface area (Å²) in [7, 11) is 0. The minimum absolute atomic E-state index is 0.103. The molecular weight excluding hydrogens is 398 g/mol. The summed E-state index contributed by atoms with van der Waals surface area (Å²) in [5.41, 5.74) is 1.80. The SMILES string of the molecule is CCOC(=O)c1noc(-c2cnc3[nH]ccc3c2NC2[C@@H]3CC4C[C@H]2CC(O)(C4)C3)n1. The van der Waals surface area contributed by atoms with Gasteiger partial charge in [0.1, 0.15) is 5.65 Å². The highest BCUT2D eigenvalue weighted by Crippen LogP contribution is 2.56. The number of fused-ring (bicyclic) bond motifs is 1. The van der Waals surface area contributed by atoms with Crippen molar-refractivity contribution in [3.05, 3.63) is 24.3 Å². The van der Waals surface area contributed by atoms with Gasteiger partial charge in [0.25, 0.3) is 11.7 Å². The molecule has 0 radical (unpaired) electrons. The van der Waals surface area contributed by atoms with Gasteiger partial charge in [-0.1, -0.05) is 0 Å². The van der Waals surface area contributed by atoms with Gasteiger partial charge in [-0.05, 0) is 68.0 Å². The van der Waals surface area contributed by atoms with Crippen molar-refractivity contribution in [1.82, 2.24) is 20.1 Å². The molecule has 31 heavy (non-hydrogen) atoms. The molecule has 3 N–H and O–H groups in total. The van der Waals surface area contributed by atoms with E-state index < -0.39 is 11.6 Å². The average Bonchev–Trinajstić information content (AvgIpc) is 3.39. The Morgan fingerprint density at radius 3 is 2.90 bits per heavy atom. The van der Waals surface area contributed by atoms with Crippen LogP contribution in [0.2, 0.25) is 0 Å². The highest BCUT2D eigenvalue weighted by atomic mass is 16.5. The third-order valence-electron chi connectivity index (χ3n) is 7.25. The van der Waals surface area contributed by atoms with Gasteiger partial charge >= 0.3 is 5.97 Å². The largest absolute Gasteiger partial charge is 0.460 e. The molecule has 0 saturated heterocycles. The van der Waals surface area contributed by atoms with Crippen LogP contribution >= 0.6 is 0 Å². The van der Waals surface area contributed by atoms with Gasteiger partial charge in [-0.15, -0.1) is 0 Å². The topological polar surface area (TPSA) is 126 Å². The predicted molar refractivity (Wildman–Crippen MR) is 111 cm³/mol. The van der Waals surface area contributed by atoms with Gasteiger partial charge in [-0.25, -0.2) is 9.78 Å². The molecule has 162 valence electrons. The van der Waals surface area contributed by atoms with Crippen molar-refractivity contribution in [3.63, 3.8) is 0 Å². The van der Waals surface area contributed by atoms with Gasteiger partial charge in [0, 0.05) is 23.8 Å². The summed E-state index contributed by atoms with van der Waals surface area (Å²) >= 11 is 0. The zero-order chi connectivity index (χ0) is 21.2. The van der Waals surface area contributed by atoms with Crippen LogP contribution in [0.4, 0.5) is 5.69 Å². The fourth-order valence-corrected chi connectivity index (χ4v) is 6.32. The minimum atomic E-state index is -0.614. The van der Waals surface area contributed by atoms with Crippen LogP contribution in [-0.2, 0) is 4.74 Å². The van der Waals surface area contributed by atoms with E-state index in [0.717, 1.165) is 48.8 Å². The van der Waals surface area contributed by atoms with Crippen molar-refractivity contribution in [1.29, 1.82) is 0 Å². The monoisotopic (exact) mass is 423 g/mol. The number of ether oxygens (including phenoxy) is 1. The van der Waals surface area contributed by atoms with E-state index in [2.05, 4.69) is 25.4 Å². The number of hydrogen-bond acceptors (Lipinski definition) is 8. The molecule has 0 spiro atoms. The van der Waals surface area contributed by atoms with Gasteiger partial charge in [-0.3, -0.25) is 0 Å². The standard InChI is InChI=1S/C22H25N5O4/c1-2-30-21(28)19-26-20(31-27-19)15-10-24-18-14(3-4-23-18)17(15)25-16-12-5-11-6-13(16)9-22(29,7-11)8-12/h3-4,10-13,16,29H,2,5-9H2,1H3,(H2,23,24,25)/t11?,12-,13+,16?,22?. The van der Waals surface area contributed by atoms with Crippen LogP contribution in [0.1, 0.15) is 49.6 Å². The van der Waals surface area contributed by atoms with Crippen LogP contribution in [0.25, 0.3) is 22.5 Å². The maximum Gasteiger partial charge on any atom is 0.379 e. The van der Waals surface area contributed by atoms with Gasteiger partial charge in [0.2, 0.25) is 0 Å². The van der Waals surface area contributed by atoms with Gasteiger partial charge < -0.3 is 24.7 Å². The van der Waals surface area contributed by atoms with Gasteiger partial charge in [-0.2, -0.15) is 4.98 Å². The Morgan fingerprint density at radius 2 is 2.16 bits per heavy atom. The minimum Gasteiger partial charge on any atom is -0.460 e. The molecule has 4 aliphatic carbocycles. The quantitative estimate of drug-likeness (QED) is 0.534. The molecule has 5 atom stereocenters. The Balaban J connectivity index is 1.38. The van der Waals surface area contributed by atoms with Crippen molar-refractivity contribution >= 4 is 22.7 Å². The summed E-state index contributed by atoms with van der Waals surface area (Å²) in [5, 5.41) is 19.4. The zero-order valence-corrected chi connectivity index (χ0v) is 17.3. The van der Waals surface area contributed by atoms with E-state index in [-0.39, 0.29) is 24.4 Å². The van der Waals surface area contributed by atoms with Crippen molar-refractivity contribution in [3.8, 4) is 11.5 Å². The number of rotatable bonds is 5. The van der Waals surface area contributed by atoms with E-state index in [1.165, 1.54) is 0 Å². The van der Waals surface area contributed by atoms with E-state index in [1.807, 2.05) is 12.3 Å². The molecule has 3 aromatic heterocycles. The number of carbonyl (C=O) groups excluding carboxylic acids is 1. The number of anilines is 1. The molecule has 7 rings (SSSR count). The van der Waals surface area contributed by atoms with Crippen LogP contribution in [0, 0.1) is 17.8 Å². The highest BCUT2D eigenvalue weighted by molar-refractivity contribution is 5.97. The van der Waals surface area contributed by atoms with Crippen LogP contribution in [-0.4, -0.2) is 49.4 Å². The number of nitrogens with one attached hydrogen (secondary N) is 2. The Hall–Kier alpha value is -2.94. The second kappa shape index (κ2) is 6.78. The number of aliphatic hydroxyl groups is 1. The number of H-pyrrole nitrogens is 1. The molecule has 4 bridgehead atoms. The van der Waals surface area contributed by atoms with Crippen LogP contribution in [0.15, 0.2) is 23.0 Å². The fourth-order valence-electron chi connectivity index (χ4n) is 6.32. The normalized spacial score (nSPS) is 31.3. The van der Waals surface area contributed by atoms with Gasteiger partial charge in [0.05, 0.1) is 23.5 Å². The second-order valence-corrected chi connectivity index (χ2v) is 9.29. The van der Waals surface area contributed by atoms with Crippen LogP contribution in [0.5, 0.6) is 0 Å². The van der Waals surface area contributed by atoms with Crippen molar-refractivity contribution < 1.29 is 19.2 Å². The molecule has 0 amide bonds. The molecule has 4 saturated carbocycles. The molecular formula is C22H25N5O4. The van der Waals surface area contributed by atoms with Crippen molar-refractivity contribution in [2.24, 2.45) is 17.8 Å². The number of hydrogen-bond donors (Lipinski definition) is 3. The smallest absolute Gasteiger partial charge is 0.379 e. The number of pyridine rings is 1. The summed E-state index contributed by atoms with van der Waals surface area (Å²) in [6, 6.07) is 2.24. The Bertz CT molecular complexity index is 1140. The number of esters is 1. The highest BCUT2D eigenvalue weighted by Gasteiger charge is 2.54. The summed E-state index contributed by atoms with van der Waals surface area (Å²) in [6.07, 6.45) is 8.50. The second-order valence-electron chi connectivity index (χ2n) is 9.29. The third-order valence-corrected chi connectivity index (χ3v) is 7.25. The van der Waals surface area contributed by atoms with Crippen molar-refractivity contribution in [2.75, 3.05) is 11.9 Å². The number of aromatic amines is 1. The molecule has 3 unspecified atom stereocenters. The molecule has 3 aromatic rings. The average molecular weight is 423 g/mol. The summed E-state index contributed by atoms with van der Waals surface area (Å²) in [6.45, 7) is 1.97.